The Bertz CT molecular complexity index is 353. The summed E-state index contributed by atoms with van der Waals surface area (Å²) in [4.78, 5) is 2.20. The number of hydrogen-bond acceptors (Lipinski definition) is 2. The van der Waals surface area contributed by atoms with Crippen LogP contribution in [0.3, 0.4) is 0 Å². The Labute approximate surface area is 89.3 Å². The highest BCUT2D eigenvalue weighted by Gasteiger charge is 2.21. The predicted molar refractivity (Wildman–Crippen MR) is 58.5 cm³/mol. The molecule has 1 aromatic rings. The van der Waals surface area contributed by atoms with E-state index in [0.29, 0.717) is 11.5 Å². The summed E-state index contributed by atoms with van der Waals surface area (Å²) in [6, 6.07) is 5.19. The zero-order valence-corrected chi connectivity index (χ0v) is 8.91. The summed E-state index contributed by atoms with van der Waals surface area (Å²) >= 11 is 0. The van der Waals surface area contributed by atoms with E-state index in [2.05, 4.69) is 4.90 Å². The van der Waals surface area contributed by atoms with Crippen LogP contribution in [0, 0.1) is 18.7 Å². The molecule has 0 aliphatic carbocycles. The average Bonchev–Trinajstić information content (AvgIpc) is 2.70. The number of nitrogens with zero attached hydrogens (tertiary/aromatic N) is 1. The van der Waals surface area contributed by atoms with Crippen LogP contribution in [0.25, 0.3) is 0 Å². The molecule has 0 unspecified atom stereocenters. The van der Waals surface area contributed by atoms with Crippen molar-refractivity contribution in [2.45, 2.75) is 13.3 Å². The van der Waals surface area contributed by atoms with Gasteiger partial charge in [0.2, 0.25) is 0 Å². The first-order valence-corrected chi connectivity index (χ1v) is 5.32. The number of anilines is 1. The minimum atomic E-state index is -0.156. The fourth-order valence-corrected chi connectivity index (χ4v) is 2.04. The van der Waals surface area contributed by atoms with Gasteiger partial charge in [0.1, 0.15) is 5.82 Å². The smallest absolute Gasteiger partial charge is 0.126 e. The maximum absolute atomic E-state index is 13.1. The Balaban J connectivity index is 2.13. The van der Waals surface area contributed by atoms with Gasteiger partial charge in [0.05, 0.1) is 0 Å². The van der Waals surface area contributed by atoms with Gasteiger partial charge in [-0.05, 0) is 37.1 Å². The molecule has 15 heavy (non-hydrogen) atoms. The average molecular weight is 209 g/mol. The normalized spacial score (nSPS) is 21.0. The van der Waals surface area contributed by atoms with E-state index in [0.717, 1.165) is 25.2 Å². The van der Waals surface area contributed by atoms with Crippen LogP contribution in [-0.4, -0.2) is 24.8 Å². The highest BCUT2D eigenvalue weighted by molar-refractivity contribution is 5.49. The van der Waals surface area contributed by atoms with Crippen molar-refractivity contribution in [3.63, 3.8) is 0 Å². The summed E-state index contributed by atoms with van der Waals surface area (Å²) in [5.74, 6) is 0.215. The maximum atomic E-state index is 13.1. The molecule has 2 rings (SSSR count). The van der Waals surface area contributed by atoms with Crippen LogP contribution in [0.4, 0.5) is 10.1 Å². The first-order valence-electron chi connectivity index (χ1n) is 5.32. The number of hydrogen-bond donors (Lipinski definition) is 1. The molecule has 1 saturated heterocycles. The minimum absolute atomic E-state index is 0.156. The maximum Gasteiger partial charge on any atom is 0.126 e. The number of aliphatic hydroxyl groups is 1. The van der Waals surface area contributed by atoms with Crippen LogP contribution < -0.4 is 4.90 Å². The van der Waals surface area contributed by atoms with Crippen molar-refractivity contribution in [3.05, 3.63) is 29.6 Å². The fraction of sp³-hybridized carbons (Fsp3) is 0.500. The highest BCUT2D eigenvalue weighted by atomic mass is 19.1. The molecule has 1 heterocycles. The van der Waals surface area contributed by atoms with Gasteiger partial charge in [-0.2, -0.15) is 0 Å². The van der Waals surface area contributed by atoms with Crippen molar-refractivity contribution in [3.8, 4) is 0 Å². The van der Waals surface area contributed by atoms with Crippen molar-refractivity contribution in [2.24, 2.45) is 5.92 Å². The predicted octanol–water partition coefficient (Wildman–Crippen LogP) is 1.95. The summed E-state index contributed by atoms with van der Waals surface area (Å²) < 4.78 is 13.1. The molecule has 2 nitrogen and oxygen atoms in total. The van der Waals surface area contributed by atoms with E-state index in [1.807, 2.05) is 12.1 Å². The molecule has 0 bridgehead atoms. The Hall–Kier alpha value is -1.09. The monoisotopic (exact) mass is 209 g/mol. The van der Waals surface area contributed by atoms with Gasteiger partial charge in [-0.15, -0.1) is 0 Å². The molecule has 0 saturated carbocycles. The van der Waals surface area contributed by atoms with Crippen molar-refractivity contribution >= 4 is 5.69 Å². The second kappa shape index (κ2) is 4.19. The van der Waals surface area contributed by atoms with Gasteiger partial charge in [-0.3, -0.25) is 0 Å². The molecule has 3 heteroatoms. The summed E-state index contributed by atoms with van der Waals surface area (Å²) in [7, 11) is 0. The molecular weight excluding hydrogens is 193 g/mol. The molecule has 1 N–H and O–H groups in total. The number of aliphatic hydroxyl groups excluding tert-OH is 1. The molecular formula is C12H16FNO. The molecule has 1 aliphatic rings. The van der Waals surface area contributed by atoms with E-state index in [1.54, 1.807) is 6.92 Å². The lowest BCUT2D eigenvalue weighted by Crippen LogP contribution is -2.20. The third-order valence-electron chi connectivity index (χ3n) is 3.05. The Morgan fingerprint density at radius 2 is 2.33 bits per heavy atom. The molecule has 0 spiro atoms. The van der Waals surface area contributed by atoms with Gasteiger partial charge in [-0.1, -0.05) is 0 Å². The standard InChI is InChI=1S/C12H16FNO/c1-9-6-11(2-3-12(9)13)14-5-4-10(7-14)8-15/h2-3,6,10,15H,4-5,7-8H2,1H3/t10-/m0/s1. The van der Waals surface area contributed by atoms with Gasteiger partial charge in [0, 0.05) is 31.3 Å². The second-order valence-electron chi connectivity index (χ2n) is 4.22. The van der Waals surface area contributed by atoms with Gasteiger partial charge in [0.15, 0.2) is 0 Å². The largest absolute Gasteiger partial charge is 0.396 e. The van der Waals surface area contributed by atoms with Crippen LogP contribution in [0.1, 0.15) is 12.0 Å². The fourth-order valence-electron chi connectivity index (χ4n) is 2.04. The van der Waals surface area contributed by atoms with E-state index in [1.165, 1.54) is 6.07 Å². The van der Waals surface area contributed by atoms with Crippen molar-refractivity contribution < 1.29 is 9.50 Å². The van der Waals surface area contributed by atoms with E-state index in [-0.39, 0.29) is 12.4 Å². The number of rotatable bonds is 2. The van der Waals surface area contributed by atoms with E-state index in [4.69, 9.17) is 5.11 Å². The quantitative estimate of drug-likeness (QED) is 0.804. The second-order valence-corrected chi connectivity index (χ2v) is 4.22. The summed E-state index contributed by atoms with van der Waals surface area (Å²) in [5.41, 5.74) is 1.74. The topological polar surface area (TPSA) is 23.5 Å². The SMILES string of the molecule is Cc1cc(N2CC[C@H](CO)C2)ccc1F. The minimum Gasteiger partial charge on any atom is -0.396 e. The Morgan fingerprint density at radius 1 is 1.53 bits per heavy atom. The van der Waals surface area contributed by atoms with Crippen LogP contribution in [0.5, 0.6) is 0 Å². The van der Waals surface area contributed by atoms with Crippen molar-refractivity contribution in [1.29, 1.82) is 0 Å². The van der Waals surface area contributed by atoms with Crippen LogP contribution in [-0.2, 0) is 0 Å². The van der Waals surface area contributed by atoms with Crippen molar-refractivity contribution in [2.75, 3.05) is 24.6 Å². The van der Waals surface area contributed by atoms with Crippen LogP contribution in [0.2, 0.25) is 0 Å². The van der Waals surface area contributed by atoms with Crippen LogP contribution >= 0.6 is 0 Å². The van der Waals surface area contributed by atoms with E-state index < -0.39 is 0 Å². The Kier molecular flexibility index (Phi) is 2.91. The molecule has 1 aromatic carbocycles. The highest BCUT2D eigenvalue weighted by Crippen LogP contribution is 2.25. The first kappa shape index (κ1) is 10.4. The lowest BCUT2D eigenvalue weighted by molar-refractivity contribution is 0.238. The lowest BCUT2D eigenvalue weighted by Gasteiger charge is -2.19. The van der Waals surface area contributed by atoms with Gasteiger partial charge in [0.25, 0.3) is 0 Å². The summed E-state index contributed by atoms with van der Waals surface area (Å²) in [6.07, 6.45) is 1.02. The zero-order chi connectivity index (χ0) is 10.8. The number of halogens is 1. The first-order chi connectivity index (χ1) is 7.20. The summed E-state index contributed by atoms with van der Waals surface area (Å²) in [6.45, 7) is 3.85. The molecule has 1 fully saturated rings. The van der Waals surface area contributed by atoms with E-state index in [9.17, 15) is 4.39 Å². The Morgan fingerprint density at radius 3 is 2.93 bits per heavy atom. The molecule has 0 amide bonds. The lowest BCUT2D eigenvalue weighted by atomic mass is 10.1. The van der Waals surface area contributed by atoms with Gasteiger partial charge in [-0.25, -0.2) is 4.39 Å². The van der Waals surface area contributed by atoms with E-state index >= 15 is 0 Å². The third kappa shape index (κ3) is 2.12. The van der Waals surface area contributed by atoms with Gasteiger partial charge < -0.3 is 10.0 Å². The molecule has 0 aromatic heterocycles. The molecule has 0 radical (unpaired) electrons. The van der Waals surface area contributed by atoms with Crippen LogP contribution in [0.15, 0.2) is 18.2 Å². The molecule has 1 atom stereocenters. The van der Waals surface area contributed by atoms with Gasteiger partial charge >= 0.3 is 0 Å². The molecule has 82 valence electrons. The number of aryl methyl sites for hydroxylation is 1. The number of benzene rings is 1. The summed E-state index contributed by atoms with van der Waals surface area (Å²) in [5, 5.41) is 9.04. The van der Waals surface area contributed by atoms with Crippen molar-refractivity contribution in [1.82, 2.24) is 0 Å². The zero-order valence-electron chi connectivity index (χ0n) is 8.91. The molecule has 1 aliphatic heterocycles. The third-order valence-corrected chi connectivity index (χ3v) is 3.05.